The van der Waals surface area contributed by atoms with Crippen molar-refractivity contribution in [2.45, 2.75) is 70.1 Å². The fourth-order valence-corrected chi connectivity index (χ4v) is 4.93. The van der Waals surface area contributed by atoms with Crippen molar-refractivity contribution in [1.82, 2.24) is 9.97 Å². The van der Waals surface area contributed by atoms with E-state index in [1.54, 1.807) is 32.0 Å². The molecule has 1 heterocycles. The van der Waals surface area contributed by atoms with Crippen LogP contribution >= 0.6 is 0 Å². The molecule has 0 unspecified atom stereocenters. The summed E-state index contributed by atoms with van der Waals surface area (Å²) in [5, 5.41) is 2.85. The quantitative estimate of drug-likeness (QED) is 0.638. The van der Waals surface area contributed by atoms with Crippen LogP contribution in [0.3, 0.4) is 0 Å². The Morgan fingerprint density at radius 1 is 1.07 bits per heavy atom. The highest BCUT2D eigenvalue weighted by atomic mass is 32.2. The van der Waals surface area contributed by atoms with Crippen LogP contribution in [0.5, 0.6) is 0 Å². The SMILES string of the molecule is Cc1cc(NS(=O)(=O)c2ccc(NC(=O)CCCC3CCCCC3)cc2)nc(C)n1. The molecule has 1 aromatic heterocycles. The van der Waals surface area contributed by atoms with Gasteiger partial charge in [-0.05, 0) is 56.9 Å². The van der Waals surface area contributed by atoms with Crippen molar-refractivity contribution in [2.24, 2.45) is 5.92 Å². The average molecular weight is 431 g/mol. The van der Waals surface area contributed by atoms with E-state index in [2.05, 4.69) is 20.0 Å². The highest BCUT2D eigenvalue weighted by molar-refractivity contribution is 7.92. The summed E-state index contributed by atoms with van der Waals surface area (Å²) >= 11 is 0. The van der Waals surface area contributed by atoms with Crippen LogP contribution in [-0.2, 0) is 14.8 Å². The van der Waals surface area contributed by atoms with Gasteiger partial charge in [-0.2, -0.15) is 0 Å². The van der Waals surface area contributed by atoms with Gasteiger partial charge in [0, 0.05) is 23.9 Å². The van der Waals surface area contributed by atoms with E-state index >= 15 is 0 Å². The largest absolute Gasteiger partial charge is 0.326 e. The summed E-state index contributed by atoms with van der Waals surface area (Å²) in [4.78, 5) is 20.5. The summed E-state index contributed by atoms with van der Waals surface area (Å²) in [5.41, 5.74) is 1.27. The molecule has 0 bridgehead atoms. The van der Waals surface area contributed by atoms with Gasteiger partial charge in [0.1, 0.15) is 11.6 Å². The maximum absolute atomic E-state index is 12.6. The number of nitrogens with zero attached hydrogens (tertiary/aromatic N) is 2. The van der Waals surface area contributed by atoms with Crippen LogP contribution in [0.2, 0.25) is 0 Å². The van der Waals surface area contributed by atoms with E-state index in [0.29, 0.717) is 23.6 Å². The van der Waals surface area contributed by atoms with E-state index in [1.165, 1.54) is 44.2 Å². The lowest BCUT2D eigenvalue weighted by molar-refractivity contribution is -0.116. The van der Waals surface area contributed by atoms with Crippen molar-refractivity contribution >= 4 is 27.4 Å². The number of aromatic nitrogens is 2. The van der Waals surface area contributed by atoms with Crippen LogP contribution in [0.4, 0.5) is 11.5 Å². The van der Waals surface area contributed by atoms with Crippen LogP contribution in [0.1, 0.15) is 62.9 Å². The maximum Gasteiger partial charge on any atom is 0.263 e. The second-order valence-corrected chi connectivity index (χ2v) is 9.70. The maximum atomic E-state index is 12.6. The molecule has 3 rings (SSSR count). The molecule has 1 fully saturated rings. The normalized spacial score (nSPS) is 15.0. The lowest BCUT2D eigenvalue weighted by atomic mass is 9.86. The zero-order chi connectivity index (χ0) is 21.6. The number of carbonyl (C=O) groups is 1. The van der Waals surface area contributed by atoms with Gasteiger partial charge in [0.15, 0.2) is 0 Å². The van der Waals surface area contributed by atoms with Gasteiger partial charge in [-0.15, -0.1) is 0 Å². The fraction of sp³-hybridized carbons (Fsp3) is 0.500. The molecule has 1 aromatic carbocycles. The Kier molecular flexibility index (Phi) is 7.42. The first-order valence-electron chi connectivity index (χ1n) is 10.6. The number of nitrogens with one attached hydrogen (secondary N) is 2. The first-order valence-corrected chi connectivity index (χ1v) is 12.1. The zero-order valence-corrected chi connectivity index (χ0v) is 18.5. The topological polar surface area (TPSA) is 101 Å². The average Bonchev–Trinajstić information content (AvgIpc) is 2.68. The molecule has 0 saturated heterocycles. The van der Waals surface area contributed by atoms with Gasteiger partial charge in [-0.3, -0.25) is 9.52 Å². The summed E-state index contributed by atoms with van der Waals surface area (Å²) in [6.45, 7) is 3.48. The molecule has 0 aliphatic heterocycles. The Labute approximate surface area is 178 Å². The van der Waals surface area contributed by atoms with Gasteiger partial charge in [-0.25, -0.2) is 18.4 Å². The van der Waals surface area contributed by atoms with Gasteiger partial charge in [-0.1, -0.05) is 32.1 Å². The Hall–Kier alpha value is -2.48. The lowest BCUT2D eigenvalue weighted by Gasteiger charge is -2.21. The molecule has 162 valence electrons. The number of rotatable bonds is 8. The molecular formula is C22H30N4O3S. The molecule has 7 nitrogen and oxygen atoms in total. The summed E-state index contributed by atoms with van der Waals surface area (Å²) in [7, 11) is -3.77. The van der Waals surface area contributed by atoms with Gasteiger partial charge < -0.3 is 5.32 Å². The van der Waals surface area contributed by atoms with E-state index in [0.717, 1.165) is 18.8 Å². The second kappa shape index (κ2) is 10.0. The Morgan fingerprint density at radius 2 is 1.77 bits per heavy atom. The van der Waals surface area contributed by atoms with Crippen molar-refractivity contribution in [1.29, 1.82) is 0 Å². The second-order valence-electron chi connectivity index (χ2n) is 8.02. The number of anilines is 2. The van der Waals surface area contributed by atoms with Gasteiger partial charge in [0.2, 0.25) is 5.91 Å². The number of amides is 1. The van der Waals surface area contributed by atoms with Crippen LogP contribution in [-0.4, -0.2) is 24.3 Å². The number of benzene rings is 1. The third-order valence-electron chi connectivity index (χ3n) is 5.39. The van der Waals surface area contributed by atoms with Crippen LogP contribution in [0.25, 0.3) is 0 Å². The Balaban J connectivity index is 1.52. The number of carbonyl (C=O) groups excluding carboxylic acids is 1. The molecule has 0 spiro atoms. The number of hydrogen-bond acceptors (Lipinski definition) is 5. The van der Waals surface area contributed by atoms with E-state index in [-0.39, 0.29) is 16.6 Å². The first-order chi connectivity index (χ1) is 14.3. The highest BCUT2D eigenvalue weighted by Crippen LogP contribution is 2.27. The lowest BCUT2D eigenvalue weighted by Crippen LogP contribution is -2.15. The van der Waals surface area contributed by atoms with Crippen molar-refractivity contribution in [3.05, 3.63) is 41.9 Å². The van der Waals surface area contributed by atoms with E-state index in [9.17, 15) is 13.2 Å². The van der Waals surface area contributed by atoms with Gasteiger partial charge in [0.05, 0.1) is 4.90 Å². The molecule has 1 amide bonds. The summed E-state index contributed by atoms with van der Waals surface area (Å²) < 4.78 is 27.7. The van der Waals surface area contributed by atoms with Crippen LogP contribution < -0.4 is 10.0 Å². The molecule has 0 atom stereocenters. The molecule has 30 heavy (non-hydrogen) atoms. The molecule has 2 N–H and O–H groups in total. The van der Waals surface area contributed by atoms with Gasteiger partial charge in [0.25, 0.3) is 10.0 Å². The monoisotopic (exact) mass is 430 g/mol. The number of hydrogen-bond donors (Lipinski definition) is 2. The molecule has 8 heteroatoms. The highest BCUT2D eigenvalue weighted by Gasteiger charge is 2.16. The molecule has 1 aliphatic carbocycles. The third kappa shape index (κ3) is 6.52. The van der Waals surface area contributed by atoms with Crippen LogP contribution in [0.15, 0.2) is 35.2 Å². The van der Waals surface area contributed by atoms with Crippen molar-refractivity contribution in [2.75, 3.05) is 10.0 Å². The minimum Gasteiger partial charge on any atom is -0.326 e. The van der Waals surface area contributed by atoms with E-state index < -0.39 is 10.0 Å². The first kappa shape index (κ1) is 22.2. The molecule has 2 aromatic rings. The van der Waals surface area contributed by atoms with Crippen molar-refractivity contribution in [3.63, 3.8) is 0 Å². The standard InChI is InChI=1S/C22H30N4O3S/c1-16-15-21(24-17(2)23-16)26-30(28,29)20-13-11-19(12-14-20)25-22(27)10-6-9-18-7-4-3-5-8-18/h11-15,18H,3-10H2,1-2H3,(H,25,27)(H,23,24,26). The van der Waals surface area contributed by atoms with E-state index in [4.69, 9.17) is 0 Å². The van der Waals surface area contributed by atoms with E-state index in [1.807, 2.05) is 0 Å². The number of sulfonamides is 1. The molecule has 0 radical (unpaired) electrons. The Morgan fingerprint density at radius 3 is 2.43 bits per heavy atom. The smallest absolute Gasteiger partial charge is 0.263 e. The predicted octanol–water partition coefficient (Wildman–Crippen LogP) is 4.58. The van der Waals surface area contributed by atoms with Crippen LogP contribution in [0, 0.1) is 19.8 Å². The zero-order valence-electron chi connectivity index (χ0n) is 17.6. The summed E-state index contributed by atoms with van der Waals surface area (Å²) in [5.74, 6) is 1.46. The predicted molar refractivity (Wildman–Crippen MR) is 118 cm³/mol. The fourth-order valence-electron chi connectivity index (χ4n) is 3.93. The Bertz CT molecular complexity index is 948. The molecule has 1 saturated carbocycles. The van der Waals surface area contributed by atoms with Crippen molar-refractivity contribution < 1.29 is 13.2 Å². The molecular weight excluding hydrogens is 400 g/mol. The summed E-state index contributed by atoms with van der Waals surface area (Å²) in [6.07, 6.45) is 9.05. The minimum absolute atomic E-state index is 0.0357. The van der Waals surface area contributed by atoms with Crippen molar-refractivity contribution in [3.8, 4) is 0 Å². The number of aryl methyl sites for hydroxylation is 2. The minimum atomic E-state index is -3.77. The summed E-state index contributed by atoms with van der Waals surface area (Å²) in [6, 6.07) is 7.72. The third-order valence-corrected chi connectivity index (χ3v) is 6.76. The van der Waals surface area contributed by atoms with Gasteiger partial charge >= 0.3 is 0 Å². The molecule has 1 aliphatic rings.